The quantitative estimate of drug-likeness (QED) is 0.551. The lowest BCUT2D eigenvalue weighted by Crippen LogP contribution is -2.48. The zero-order chi connectivity index (χ0) is 22.2. The number of piperidine rings is 1. The summed E-state index contributed by atoms with van der Waals surface area (Å²) in [7, 11) is 0. The molecule has 1 aliphatic carbocycles. The van der Waals surface area contributed by atoms with Gasteiger partial charge in [0.15, 0.2) is 0 Å². The molecule has 4 N–H and O–H groups in total. The van der Waals surface area contributed by atoms with Crippen molar-refractivity contribution in [3.8, 4) is 0 Å². The molecule has 5 amide bonds. The number of urea groups is 2. The fraction of sp³-hybridized carbons (Fsp3) is 0.609. The first-order chi connectivity index (χ1) is 14.9. The van der Waals surface area contributed by atoms with E-state index in [1.165, 1.54) is 12.8 Å². The van der Waals surface area contributed by atoms with Crippen molar-refractivity contribution in [2.75, 3.05) is 23.7 Å². The highest BCUT2D eigenvalue weighted by molar-refractivity contribution is 5.92. The third-order valence-corrected chi connectivity index (χ3v) is 6.16. The Labute approximate surface area is 184 Å². The van der Waals surface area contributed by atoms with E-state index in [9.17, 15) is 14.4 Å². The van der Waals surface area contributed by atoms with Crippen molar-refractivity contribution in [2.45, 2.75) is 70.9 Å². The van der Waals surface area contributed by atoms with Gasteiger partial charge < -0.3 is 26.2 Å². The molecule has 1 aromatic carbocycles. The second-order valence-corrected chi connectivity index (χ2v) is 8.69. The molecule has 1 saturated carbocycles. The lowest BCUT2D eigenvalue weighted by Gasteiger charge is -2.32. The standard InChI is InChI=1S/C23H35N5O3/c1-3-16(2)24-21(29)17-7-6-14-28(15-17)23(31)27-20-12-10-19(11-13-20)26-22(30)25-18-8-4-5-9-18/h10-13,16-18H,3-9,14-15H2,1-2H3,(H,24,29)(H,27,31)(H2,25,26,30)/t16-,17-/m1/s1. The highest BCUT2D eigenvalue weighted by Crippen LogP contribution is 2.20. The third-order valence-electron chi connectivity index (χ3n) is 6.16. The van der Waals surface area contributed by atoms with Crippen molar-refractivity contribution in [2.24, 2.45) is 5.92 Å². The molecule has 3 rings (SSSR count). The number of rotatable bonds is 6. The minimum atomic E-state index is -0.208. The number of benzene rings is 1. The van der Waals surface area contributed by atoms with Crippen LogP contribution in [0.15, 0.2) is 24.3 Å². The van der Waals surface area contributed by atoms with Gasteiger partial charge in [0.25, 0.3) is 0 Å². The molecule has 1 aliphatic heterocycles. The summed E-state index contributed by atoms with van der Waals surface area (Å²) in [4.78, 5) is 38.9. The van der Waals surface area contributed by atoms with Crippen LogP contribution in [0.4, 0.5) is 21.0 Å². The van der Waals surface area contributed by atoms with E-state index in [4.69, 9.17) is 0 Å². The average molecular weight is 430 g/mol. The van der Waals surface area contributed by atoms with Gasteiger partial charge in [-0.1, -0.05) is 19.8 Å². The minimum Gasteiger partial charge on any atom is -0.353 e. The monoisotopic (exact) mass is 429 g/mol. The Morgan fingerprint density at radius 1 is 1.00 bits per heavy atom. The van der Waals surface area contributed by atoms with Crippen LogP contribution in [0, 0.1) is 5.92 Å². The number of anilines is 2. The second-order valence-electron chi connectivity index (χ2n) is 8.69. The van der Waals surface area contributed by atoms with Crippen LogP contribution in [-0.4, -0.2) is 48.0 Å². The third kappa shape index (κ3) is 6.87. The zero-order valence-corrected chi connectivity index (χ0v) is 18.6. The van der Waals surface area contributed by atoms with Crippen molar-refractivity contribution < 1.29 is 14.4 Å². The second kappa shape index (κ2) is 11.0. The van der Waals surface area contributed by atoms with E-state index < -0.39 is 0 Å². The van der Waals surface area contributed by atoms with Gasteiger partial charge in [0.1, 0.15) is 0 Å². The Hall–Kier alpha value is -2.77. The maximum atomic E-state index is 12.7. The van der Waals surface area contributed by atoms with E-state index in [2.05, 4.69) is 21.3 Å². The van der Waals surface area contributed by atoms with Crippen LogP contribution in [0.1, 0.15) is 58.8 Å². The van der Waals surface area contributed by atoms with Gasteiger partial charge in [0.05, 0.1) is 5.92 Å². The first-order valence-electron chi connectivity index (χ1n) is 11.5. The van der Waals surface area contributed by atoms with Gasteiger partial charge >= 0.3 is 12.1 Å². The maximum absolute atomic E-state index is 12.7. The summed E-state index contributed by atoms with van der Waals surface area (Å²) in [5.41, 5.74) is 1.33. The summed E-state index contributed by atoms with van der Waals surface area (Å²) in [5, 5.41) is 11.7. The van der Waals surface area contributed by atoms with Crippen LogP contribution in [-0.2, 0) is 4.79 Å². The van der Waals surface area contributed by atoms with Crippen LogP contribution >= 0.6 is 0 Å². The topological polar surface area (TPSA) is 103 Å². The number of nitrogens with one attached hydrogen (secondary N) is 4. The average Bonchev–Trinajstić information content (AvgIpc) is 3.28. The lowest BCUT2D eigenvalue weighted by atomic mass is 9.97. The predicted octanol–water partition coefficient (Wildman–Crippen LogP) is 3.91. The van der Waals surface area contributed by atoms with Gasteiger partial charge in [-0.3, -0.25) is 4.79 Å². The first-order valence-corrected chi connectivity index (χ1v) is 11.5. The number of likely N-dealkylation sites (tertiary alicyclic amines) is 1. The van der Waals surface area contributed by atoms with Crippen LogP contribution < -0.4 is 21.3 Å². The molecule has 2 aliphatic rings. The molecule has 170 valence electrons. The van der Waals surface area contributed by atoms with Crippen LogP contribution in [0.3, 0.4) is 0 Å². The van der Waals surface area contributed by atoms with Gasteiger partial charge in [0, 0.05) is 36.5 Å². The first kappa shape index (κ1) is 22.9. The molecule has 8 heteroatoms. The predicted molar refractivity (Wildman–Crippen MR) is 122 cm³/mol. The molecule has 31 heavy (non-hydrogen) atoms. The number of hydrogen-bond donors (Lipinski definition) is 4. The van der Waals surface area contributed by atoms with E-state index in [-0.39, 0.29) is 36.0 Å². The van der Waals surface area contributed by atoms with E-state index in [0.29, 0.717) is 24.5 Å². The Bertz CT molecular complexity index is 761. The zero-order valence-electron chi connectivity index (χ0n) is 18.6. The normalized spacial score (nSPS) is 20.1. The smallest absolute Gasteiger partial charge is 0.321 e. The molecule has 0 bridgehead atoms. The minimum absolute atomic E-state index is 0.0261. The molecule has 1 saturated heterocycles. The summed E-state index contributed by atoms with van der Waals surface area (Å²) in [6.07, 6.45) is 6.90. The Morgan fingerprint density at radius 2 is 1.65 bits per heavy atom. The molecular formula is C23H35N5O3. The molecule has 0 spiro atoms. The fourth-order valence-corrected chi connectivity index (χ4v) is 4.10. The fourth-order valence-electron chi connectivity index (χ4n) is 4.10. The number of amides is 5. The maximum Gasteiger partial charge on any atom is 0.321 e. The van der Waals surface area contributed by atoms with Gasteiger partial charge in [-0.25, -0.2) is 9.59 Å². The van der Waals surface area contributed by atoms with Crippen LogP contribution in [0.2, 0.25) is 0 Å². The molecule has 1 heterocycles. The van der Waals surface area contributed by atoms with Crippen LogP contribution in [0.25, 0.3) is 0 Å². The Morgan fingerprint density at radius 3 is 2.29 bits per heavy atom. The van der Waals surface area contributed by atoms with Crippen molar-refractivity contribution in [3.05, 3.63) is 24.3 Å². The molecule has 2 atom stereocenters. The van der Waals surface area contributed by atoms with Crippen molar-refractivity contribution >= 4 is 29.3 Å². The number of nitrogens with zero attached hydrogens (tertiary/aromatic N) is 1. The van der Waals surface area contributed by atoms with Crippen molar-refractivity contribution in [1.29, 1.82) is 0 Å². The van der Waals surface area contributed by atoms with Gasteiger partial charge in [0.2, 0.25) is 5.91 Å². The number of carbonyl (C=O) groups is 3. The van der Waals surface area contributed by atoms with Gasteiger partial charge in [-0.05, 0) is 63.3 Å². The molecule has 8 nitrogen and oxygen atoms in total. The van der Waals surface area contributed by atoms with Crippen LogP contribution in [0.5, 0.6) is 0 Å². The summed E-state index contributed by atoms with van der Waals surface area (Å²) >= 11 is 0. The van der Waals surface area contributed by atoms with E-state index in [1.807, 2.05) is 13.8 Å². The summed E-state index contributed by atoms with van der Waals surface area (Å²) in [6.45, 7) is 5.09. The Balaban J connectivity index is 1.47. The highest BCUT2D eigenvalue weighted by atomic mass is 16.2. The molecule has 0 radical (unpaired) electrons. The molecular weight excluding hydrogens is 394 g/mol. The molecule has 0 aromatic heterocycles. The van der Waals surface area contributed by atoms with Gasteiger partial charge in [-0.2, -0.15) is 0 Å². The summed E-state index contributed by atoms with van der Waals surface area (Å²) < 4.78 is 0. The largest absolute Gasteiger partial charge is 0.353 e. The lowest BCUT2D eigenvalue weighted by molar-refractivity contribution is -0.126. The molecule has 0 unspecified atom stereocenters. The van der Waals surface area contributed by atoms with Crippen molar-refractivity contribution in [3.63, 3.8) is 0 Å². The molecule has 1 aromatic rings. The highest BCUT2D eigenvalue weighted by Gasteiger charge is 2.29. The summed E-state index contributed by atoms with van der Waals surface area (Å²) in [5.74, 6) is -0.142. The number of hydrogen-bond acceptors (Lipinski definition) is 3. The Kier molecular flexibility index (Phi) is 8.14. The summed E-state index contributed by atoms with van der Waals surface area (Å²) in [6, 6.07) is 7.06. The molecule has 2 fully saturated rings. The SMILES string of the molecule is CC[C@@H](C)NC(=O)[C@@H]1CCCN(C(=O)Nc2ccc(NC(=O)NC3CCCC3)cc2)C1. The van der Waals surface area contributed by atoms with E-state index in [1.54, 1.807) is 29.2 Å². The van der Waals surface area contributed by atoms with Crippen molar-refractivity contribution in [1.82, 2.24) is 15.5 Å². The van der Waals surface area contributed by atoms with E-state index >= 15 is 0 Å². The van der Waals surface area contributed by atoms with E-state index in [0.717, 1.165) is 32.1 Å². The number of carbonyl (C=O) groups excluding carboxylic acids is 3. The van der Waals surface area contributed by atoms with Gasteiger partial charge in [-0.15, -0.1) is 0 Å².